The molecular formula is C23H37NO2Si. The van der Waals surface area contributed by atoms with E-state index < -0.39 is 8.32 Å². The van der Waals surface area contributed by atoms with Gasteiger partial charge in [0.15, 0.2) is 8.32 Å². The highest BCUT2D eigenvalue weighted by molar-refractivity contribution is 6.74. The molecule has 150 valence electrons. The van der Waals surface area contributed by atoms with Gasteiger partial charge in [-0.2, -0.15) is 0 Å². The smallest absolute Gasteiger partial charge is 0.226 e. The first-order valence-corrected chi connectivity index (χ1v) is 12.7. The molecule has 0 aliphatic rings. The largest absolute Gasteiger partial charge is 0.413 e. The van der Waals surface area contributed by atoms with E-state index in [1.54, 1.807) is 19.0 Å². The van der Waals surface area contributed by atoms with Crippen molar-refractivity contribution in [3.63, 3.8) is 0 Å². The normalized spacial score (nSPS) is 13.2. The summed E-state index contributed by atoms with van der Waals surface area (Å²) in [6, 6.07) is 10.5. The van der Waals surface area contributed by atoms with Crippen molar-refractivity contribution < 1.29 is 9.22 Å². The van der Waals surface area contributed by atoms with E-state index in [2.05, 4.69) is 76.4 Å². The van der Waals surface area contributed by atoms with Crippen LogP contribution in [0.4, 0.5) is 0 Å². The van der Waals surface area contributed by atoms with E-state index in [4.69, 9.17) is 4.43 Å². The fourth-order valence-electron chi connectivity index (χ4n) is 2.23. The number of rotatable bonds is 9. The van der Waals surface area contributed by atoms with Gasteiger partial charge in [0.1, 0.15) is 0 Å². The first-order valence-electron chi connectivity index (χ1n) is 9.76. The molecule has 0 spiro atoms. The number of hydrogen-bond donors (Lipinski definition) is 0. The SMILES string of the molecule is CN(C)C(=O)CC(=CCO[Si](C)(C)C(C)(C)C)/C=C/CCc1ccccc1. The molecule has 0 aliphatic heterocycles. The van der Waals surface area contributed by atoms with E-state index in [9.17, 15) is 4.79 Å². The predicted molar refractivity (Wildman–Crippen MR) is 118 cm³/mol. The molecule has 0 atom stereocenters. The molecule has 0 saturated heterocycles. The second kappa shape index (κ2) is 10.6. The second-order valence-corrected chi connectivity index (χ2v) is 13.6. The van der Waals surface area contributed by atoms with Crippen molar-refractivity contribution in [1.29, 1.82) is 0 Å². The lowest BCUT2D eigenvalue weighted by molar-refractivity contribution is -0.127. The van der Waals surface area contributed by atoms with Crippen LogP contribution >= 0.6 is 0 Å². The summed E-state index contributed by atoms with van der Waals surface area (Å²) in [5, 5.41) is 0.186. The number of carbonyl (C=O) groups is 1. The third-order valence-electron chi connectivity index (χ3n) is 5.22. The van der Waals surface area contributed by atoms with E-state index in [1.165, 1.54) is 5.56 Å². The summed E-state index contributed by atoms with van der Waals surface area (Å²) in [5.41, 5.74) is 2.36. The van der Waals surface area contributed by atoms with Gasteiger partial charge in [0.2, 0.25) is 5.91 Å². The molecule has 1 amide bonds. The summed E-state index contributed by atoms with van der Waals surface area (Å²) in [5.74, 6) is 0.112. The number of aryl methyl sites for hydroxylation is 1. The van der Waals surface area contributed by atoms with Crippen LogP contribution in [0, 0.1) is 0 Å². The summed E-state index contributed by atoms with van der Waals surface area (Å²) in [6.45, 7) is 11.8. The highest BCUT2D eigenvalue weighted by Crippen LogP contribution is 2.36. The molecule has 3 nitrogen and oxygen atoms in total. The molecule has 1 rings (SSSR count). The van der Waals surface area contributed by atoms with Gasteiger partial charge in [-0.1, -0.05) is 69.3 Å². The van der Waals surface area contributed by atoms with Crippen LogP contribution in [0.1, 0.15) is 39.2 Å². The molecule has 0 aromatic heterocycles. The van der Waals surface area contributed by atoms with Crippen LogP contribution in [0.3, 0.4) is 0 Å². The Balaban J connectivity index is 2.71. The lowest BCUT2D eigenvalue weighted by atomic mass is 10.1. The van der Waals surface area contributed by atoms with Crippen molar-refractivity contribution in [2.45, 2.75) is 58.2 Å². The molecule has 1 aromatic rings. The topological polar surface area (TPSA) is 29.5 Å². The first-order chi connectivity index (χ1) is 12.5. The lowest BCUT2D eigenvalue weighted by Gasteiger charge is -2.35. The number of nitrogens with zero attached hydrogens (tertiary/aromatic N) is 1. The van der Waals surface area contributed by atoms with Gasteiger partial charge in [-0.05, 0) is 42.1 Å². The van der Waals surface area contributed by atoms with Gasteiger partial charge in [-0.25, -0.2) is 0 Å². The standard InChI is InChI=1S/C23H37NO2Si/c1-23(2,3)27(6,7)26-18-17-21(19-22(25)24(4)5)16-12-11-15-20-13-9-8-10-14-20/h8-10,12-14,16-17H,11,15,18-19H2,1-7H3/b16-12+,21-17?. The molecule has 4 heteroatoms. The van der Waals surface area contributed by atoms with Crippen LogP contribution < -0.4 is 0 Å². The predicted octanol–water partition coefficient (Wildman–Crippen LogP) is 5.60. The molecule has 27 heavy (non-hydrogen) atoms. The van der Waals surface area contributed by atoms with Gasteiger partial charge < -0.3 is 9.33 Å². The van der Waals surface area contributed by atoms with Crippen LogP contribution in [0.2, 0.25) is 18.1 Å². The Morgan fingerprint density at radius 2 is 1.78 bits per heavy atom. The maximum Gasteiger partial charge on any atom is 0.226 e. The lowest BCUT2D eigenvalue weighted by Crippen LogP contribution is -2.40. The molecule has 0 bridgehead atoms. The summed E-state index contributed by atoms with van der Waals surface area (Å²) < 4.78 is 6.25. The van der Waals surface area contributed by atoms with Crippen LogP contribution in [-0.4, -0.2) is 39.8 Å². The number of allylic oxidation sites excluding steroid dienone is 2. The van der Waals surface area contributed by atoms with E-state index >= 15 is 0 Å². The van der Waals surface area contributed by atoms with E-state index in [-0.39, 0.29) is 10.9 Å². The fourth-order valence-corrected chi connectivity index (χ4v) is 3.17. The van der Waals surface area contributed by atoms with Gasteiger partial charge >= 0.3 is 0 Å². The Kier molecular flexibility index (Phi) is 9.20. The van der Waals surface area contributed by atoms with Crippen molar-refractivity contribution in [1.82, 2.24) is 4.90 Å². The molecule has 0 N–H and O–H groups in total. The quantitative estimate of drug-likeness (QED) is 0.407. The van der Waals surface area contributed by atoms with Crippen molar-refractivity contribution in [3.05, 3.63) is 59.7 Å². The maximum atomic E-state index is 12.1. The molecule has 0 aliphatic carbocycles. The molecular weight excluding hydrogens is 350 g/mol. The Morgan fingerprint density at radius 3 is 2.33 bits per heavy atom. The van der Waals surface area contributed by atoms with E-state index in [1.807, 2.05) is 6.07 Å². The Hall–Kier alpha value is -1.65. The van der Waals surface area contributed by atoms with Crippen molar-refractivity contribution in [2.24, 2.45) is 0 Å². The second-order valence-electron chi connectivity index (χ2n) is 8.74. The van der Waals surface area contributed by atoms with Crippen LogP contribution in [0.15, 0.2) is 54.1 Å². The van der Waals surface area contributed by atoms with Gasteiger partial charge in [0.05, 0.1) is 13.0 Å². The van der Waals surface area contributed by atoms with Crippen molar-refractivity contribution in [3.8, 4) is 0 Å². The summed E-state index contributed by atoms with van der Waals surface area (Å²) in [7, 11) is 1.81. The minimum atomic E-state index is -1.78. The van der Waals surface area contributed by atoms with Gasteiger partial charge in [0, 0.05) is 14.1 Å². The Morgan fingerprint density at radius 1 is 1.15 bits per heavy atom. The van der Waals surface area contributed by atoms with Crippen LogP contribution in [0.5, 0.6) is 0 Å². The number of amides is 1. The minimum Gasteiger partial charge on any atom is -0.413 e. The molecule has 0 heterocycles. The Bertz CT molecular complexity index is 640. The van der Waals surface area contributed by atoms with Gasteiger partial charge in [-0.15, -0.1) is 0 Å². The summed E-state index contributed by atoms with van der Waals surface area (Å²) in [6.07, 6.45) is 8.69. The highest BCUT2D eigenvalue weighted by Gasteiger charge is 2.36. The number of carbonyl (C=O) groups excluding carboxylic acids is 1. The van der Waals surface area contributed by atoms with Crippen molar-refractivity contribution >= 4 is 14.2 Å². The average Bonchev–Trinajstić information content (AvgIpc) is 2.58. The molecule has 0 fully saturated rings. The zero-order valence-corrected chi connectivity index (χ0v) is 19.2. The third-order valence-corrected chi connectivity index (χ3v) is 9.73. The zero-order valence-electron chi connectivity index (χ0n) is 18.2. The number of hydrogen-bond acceptors (Lipinski definition) is 2. The Labute approximate surface area is 167 Å². The van der Waals surface area contributed by atoms with Crippen LogP contribution in [0.25, 0.3) is 0 Å². The molecule has 0 unspecified atom stereocenters. The molecule has 0 saturated carbocycles. The summed E-state index contributed by atoms with van der Waals surface area (Å²) in [4.78, 5) is 13.8. The average molecular weight is 388 g/mol. The highest BCUT2D eigenvalue weighted by atomic mass is 28.4. The number of benzene rings is 1. The zero-order chi connectivity index (χ0) is 20.5. The summed E-state index contributed by atoms with van der Waals surface area (Å²) >= 11 is 0. The van der Waals surface area contributed by atoms with E-state index in [0.717, 1.165) is 18.4 Å². The van der Waals surface area contributed by atoms with Gasteiger partial charge in [-0.3, -0.25) is 4.79 Å². The van der Waals surface area contributed by atoms with Gasteiger partial charge in [0.25, 0.3) is 0 Å². The monoisotopic (exact) mass is 387 g/mol. The fraction of sp³-hybridized carbons (Fsp3) is 0.522. The van der Waals surface area contributed by atoms with E-state index in [0.29, 0.717) is 13.0 Å². The maximum absolute atomic E-state index is 12.1. The van der Waals surface area contributed by atoms with Crippen LogP contribution in [-0.2, 0) is 15.6 Å². The third kappa shape index (κ3) is 8.72. The first kappa shape index (κ1) is 23.4. The van der Waals surface area contributed by atoms with Crippen molar-refractivity contribution in [2.75, 3.05) is 20.7 Å². The molecule has 1 aromatic carbocycles. The minimum absolute atomic E-state index is 0.112. The molecule has 0 radical (unpaired) electrons.